The van der Waals surface area contributed by atoms with Gasteiger partial charge in [0.05, 0.1) is 0 Å². The van der Waals surface area contributed by atoms with Gasteiger partial charge in [0.2, 0.25) is 0 Å². The summed E-state index contributed by atoms with van der Waals surface area (Å²) in [7, 11) is 1.87. The summed E-state index contributed by atoms with van der Waals surface area (Å²) in [6, 6.07) is 5.90. The van der Waals surface area contributed by atoms with Crippen LogP contribution in [0.2, 0.25) is 0 Å². The summed E-state index contributed by atoms with van der Waals surface area (Å²) in [5, 5.41) is 15.6. The molecule has 0 bridgehead atoms. The highest BCUT2D eigenvalue weighted by Gasteiger charge is 2.26. The molecule has 1 saturated carbocycles. The molecular formula is C13H21N3O. The summed E-state index contributed by atoms with van der Waals surface area (Å²) in [5.41, 5.74) is 0. The van der Waals surface area contributed by atoms with Crippen molar-refractivity contribution in [2.75, 3.05) is 30.8 Å². The first-order valence-corrected chi connectivity index (χ1v) is 6.33. The quantitative estimate of drug-likeness (QED) is 0.730. The second-order valence-electron chi connectivity index (χ2n) is 4.67. The van der Waals surface area contributed by atoms with Crippen LogP contribution in [0.15, 0.2) is 18.2 Å². The molecule has 2 unspecified atom stereocenters. The average molecular weight is 235 g/mol. The Morgan fingerprint density at radius 3 is 2.82 bits per heavy atom. The maximum absolute atomic E-state index is 9.26. The number of pyridine rings is 1. The number of nitrogens with zero attached hydrogens (tertiary/aromatic N) is 1. The summed E-state index contributed by atoms with van der Waals surface area (Å²) in [6.45, 7) is 1.22. The van der Waals surface area contributed by atoms with Crippen LogP contribution >= 0.6 is 0 Å². The summed E-state index contributed by atoms with van der Waals surface area (Å²) in [6.07, 6.45) is 3.61. The molecule has 0 aromatic carbocycles. The minimum atomic E-state index is 0.316. The highest BCUT2D eigenvalue weighted by atomic mass is 16.3. The Balaban J connectivity index is 1.88. The molecule has 4 heteroatoms. The van der Waals surface area contributed by atoms with Crippen LogP contribution in [0.5, 0.6) is 0 Å². The number of hydrogen-bond donors (Lipinski definition) is 3. The lowest BCUT2D eigenvalue weighted by Gasteiger charge is -2.18. The molecule has 3 N–H and O–H groups in total. The second-order valence-corrected chi connectivity index (χ2v) is 4.67. The molecule has 1 aromatic rings. The lowest BCUT2D eigenvalue weighted by atomic mass is 9.97. The van der Waals surface area contributed by atoms with Gasteiger partial charge in [0.1, 0.15) is 11.6 Å². The van der Waals surface area contributed by atoms with Gasteiger partial charge in [0.15, 0.2) is 0 Å². The Morgan fingerprint density at radius 1 is 1.29 bits per heavy atom. The zero-order valence-electron chi connectivity index (χ0n) is 10.3. The number of rotatable bonds is 5. The molecule has 0 saturated heterocycles. The van der Waals surface area contributed by atoms with E-state index >= 15 is 0 Å². The van der Waals surface area contributed by atoms with Crippen LogP contribution < -0.4 is 10.6 Å². The molecule has 2 rings (SSSR count). The SMILES string of the molecule is CNc1cccc(NCC2CCCC2CO)n1. The van der Waals surface area contributed by atoms with Crippen LogP contribution in [0, 0.1) is 11.8 Å². The van der Waals surface area contributed by atoms with Gasteiger partial charge >= 0.3 is 0 Å². The van der Waals surface area contributed by atoms with Crippen molar-refractivity contribution in [3.8, 4) is 0 Å². The summed E-state index contributed by atoms with van der Waals surface area (Å²) >= 11 is 0. The van der Waals surface area contributed by atoms with Crippen LogP contribution in [0.4, 0.5) is 11.6 Å². The van der Waals surface area contributed by atoms with E-state index in [1.165, 1.54) is 12.8 Å². The smallest absolute Gasteiger partial charge is 0.128 e. The Kier molecular flexibility index (Phi) is 4.20. The molecule has 1 heterocycles. The van der Waals surface area contributed by atoms with E-state index in [0.717, 1.165) is 24.6 Å². The van der Waals surface area contributed by atoms with E-state index in [1.54, 1.807) is 0 Å². The van der Waals surface area contributed by atoms with Crippen molar-refractivity contribution in [2.45, 2.75) is 19.3 Å². The normalized spacial score (nSPS) is 23.6. The van der Waals surface area contributed by atoms with Gasteiger partial charge in [0.25, 0.3) is 0 Å². The first-order valence-electron chi connectivity index (χ1n) is 6.33. The zero-order valence-corrected chi connectivity index (χ0v) is 10.3. The fraction of sp³-hybridized carbons (Fsp3) is 0.615. The third kappa shape index (κ3) is 3.09. The predicted octanol–water partition coefficient (Wildman–Crippen LogP) is 1.94. The molecule has 2 atom stereocenters. The highest BCUT2D eigenvalue weighted by molar-refractivity contribution is 5.44. The Morgan fingerprint density at radius 2 is 2.06 bits per heavy atom. The van der Waals surface area contributed by atoms with Gasteiger partial charge in [-0.2, -0.15) is 0 Å². The zero-order chi connectivity index (χ0) is 12.1. The molecule has 1 aromatic heterocycles. The van der Waals surface area contributed by atoms with E-state index in [1.807, 2.05) is 25.2 Å². The van der Waals surface area contributed by atoms with Crippen LogP contribution in [0.1, 0.15) is 19.3 Å². The molecule has 94 valence electrons. The van der Waals surface area contributed by atoms with Crippen molar-refractivity contribution >= 4 is 11.6 Å². The fourth-order valence-corrected chi connectivity index (χ4v) is 2.53. The average Bonchev–Trinajstić information content (AvgIpc) is 2.84. The van der Waals surface area contributed by atoms with Crippen molar-refractivity contribution < 1.29 is 5.11 Å². The molecule has 0 radical (unpaired) electrons. The fourth-order valence-electron chi connectivity index (χ4n) is 2.53. The van der Waals surface area contributed by atoms with Crippen LogP contribution in [-0.2, 0) is 0 Å². The highest BCUT2D eigenvalue weighted by Crippen LogP contribution is 2.31. The van der Waals surface area contributed by atoms with Gasteiger partial charge < -0.3 is 15.7 Å². The number of nitrogens with one attached hydrogen (secondary N) is 2. The Hall–Kier alpha value is -1.29. The number of aliphatic hydroxyl groups is 1. The summed E-state index contributed by atoms with van der Waals surface area (Å²) in [4.78, 5) is 4.42. The van der Waals surface area contributed by atoms with E-state index in [-0.39, 0.29) is 0 Å². The van der Waals surface area contributed by atoms with Crippen molar-refractivity contribution in [3.05, 3.63) is 18.2 Å². The van der Waals surface area contributed by atoms with Gasteiger partial charge in [-0.05, 0) is 36.8 Å². The molecule has 1 fully saturated rings. The second kappa shape index (κ2) is 5.87. The van der Waals surface area contributed by atoms with Gasteiger partial charge in [-0.1, -0.05) is 12.5 Å². The van der Waals surface area contributed by atoms with Crippen molar-refractivity contribution in [3.63, 3.8) is 0 Å². The third-order valence-electron chi connectivity index (χ3n) is 3.60. The van der Waals surface area contributed by atoms with Crippen LogP contribution in [0.25, 0.3) is 0 Å². The monoisotopic (exact) mass is 235 g/mol. The van der Waals surface area contributed by atoms with Crippen molar-refractivity contribution in [1.82, 2.24) is 4.98 Å². The Labute approximate surface area is 102 Å². The molecule has 0 aliphatic heterocycles. The van der Waals surface area contributed by atoms with Crippen LogP contribution in [-0.4, -0.2) is 30.3 Å². The first kappa shape index (κ1) is 12.2. The number of anilines is 2. The molecule has 0 spiro atoms. The maximum atomic E-state index is 9.26. The van der Waals surface area contributed by atoms with E-state index in [4.69, 9.17) is 0 Å². The molecule has 17 heavy (non-hydrogen) atoms. The topological polar surface area (TPSA) is 57.2 Å². The molecule has 4 nitrogen and oxygen atoms in total. The first-order chi connectivity index (χ1) is 8.33. The molecule has 1 aliphatic rings. The third-order valence-corrected chi connectivity index (χ3v) is 3.60. The molecule has 1 aliphatic carbocycles. The lowest BCUT2D eigenvalue weighted by molar-refractivity contribution is 0.199. The van der Waals surface area contributed by atoms with Gasteiger partial charge in [-0.15, -0.1) is 0 Å². The minimum absolute atomic E-state index is 0.316. The maximum Gasteiger partial charge on any atom is 0.128 e. The number of aromatic nitrogens is 1. The van der Waals surface area contributed by atoms with E-state index in [2.05, 4.69) is 15.6 Å². The summed E-state index contributed by atoms with van der Waals surface area (Å²) < 4.78 is 0. The lowest BCUT2D eigenvalue weighted by Crippen LogP contribution is -2.21. The van der Waals surface area contributed by atoms with Crippen molar-refractivity contribution in [2.24, 2.45) is 11.8 Å². The molecular weight excluding hydrogens is 214 g/mol. The van der Waals surface area contributed by atoms with Gasteiger partial charge in [0, 0.05) is 20.2 Å². The van der Waals surface area contributed by atoms with Crippen molar-refractivity contribution in [1.29, 1.82) is 0 Å². The summed E-state index contributed by atoms with van der Waals surface area (Å²) in [5.74, 6) is 2.83. The largest absolute Gasteiger partial charge is 0.396 e. The van der Waals surface area contributed by atoms with E-state index in [0.29, 0.717) is 18.4 Å². The number of aliphatic hydroxyl groups excluding tert-OH is 1. The van der Waals surface area contributed by atoms with Gasteiger partial charge in [-0.3, -0.25) is 0 Å². The number of hydrogen-bond acceptors (Lipinski definition) is 4. The van der Waals surface area contributed by atoms with E-state index in [9.17, 15) is 5.11 Å². The predicted molar refractivity (Wildman–Crippen MR) is 70.2 cm³/mol. The molecule has 0 amide bonds. The van der Waals surface area contributed by atoms with Crippen LogP contribution in [0.3, 0.4) is 0 Å². The minimum Gasteiger partial charge on any atom is -0.396 e. The Bertz CT molecular complexity index is 356. The van der Waals surface area contributed by atoms with Gasteiger partial charge in [-0.25, -0.2) is 4.98 Å². The van der Waals surface area contributed by atoms with E-state index < -0.39 is 0 Å². The standard InChI is InChI=1S/C13H21N3O/c1-14-12-6-3-7-13(16-12)15-8-10-4-2-5-11(10)9-17/h3,6-7,10-11,17H,2,4-5,8-9H2,1H3,(H2,14,15,16).